The number of ether oxygens (including phenoxy) is 1. The van der Waals surface area contributed by atoms with Gasteiger partial charge in [-0.3, -0.25) is 10.1 Å². The molecular weight excluding hydrogens is 354 g/mol. The molecule has 2 heterocycles. The van der Waals surface area contributed by atoms with E-state index >= 15 is 0 Å². The lowest BCUT2D eigenvalue weighted by Gasteiger charge is -2.08. The Balaban J connectivity index is 1.53. The van der Waals surface area contributed by atoms with Crippen LogP contribution in [0.4, 0.5) is 5.13 Å². The summed E-state index contributed by atoms with van der Waals surface area (Å²) >= 11 is 2.79. The summed E-state index contributed by atoms with van der Waals surface area (Å²) in [5.41, 5.74) is 1.24. The van der Waals surface area contributed by atoms with E-state index in [1.165, 1.54) is 22.0 Å². The first-order valence-corrected chi connectivity index (χ1v) is 9.53. The lowest BCUT2D eigenvalue weighted by Crippen LogP contribution is -2.20. The van der Waals surface area contributed by atoms with Crippen LogP contribution in [0.3, 0.4) is 0 Å². The van der Waals surface area contributed by atoms with Crippen molar-refractivity contribution < 1.29 is 9.53 Å². The van der Waals surface area contributed by atoms with E-state index in [2.05, 4.69) is 28.5 Å². The minimum atomic E-state index is -0.252. The van der Waals surface area contributed by atoms with Crippen molar-refractivity contribution in [2.75, 3.05) is 11.9 Å². The third-order valence-electron chi connectivity index (χ3n) is 3.55. The Morgan fingerprint density at radius 2 is 1.96 bits per heavy atom. The fraction of sp³-hybridized carbons (Fsp3) is 0.278. The van der Waals surface area contributed by atoms with Crippen LogP contribution in [0.2, 0.25) is 0 Å². The molecule has 1 amide bonds. The van der Waals surface area contributed by atoms with Gasteiger partial charge in [-0.1, -0.05) is 26.0 Å². The Kier molecular flexibility index (Phi) is 5.45. The van der Waals surface area contributed by atoms with Gasteiger partial charge in [0.05, 0.1) is 4.88 Å². The van der Waals surface area contributed by atoms with Crippen molar-refractivity contribution in [1.29, 1.82) is 0 Å². The molecule has 1 N–H and O–H groups in total. The molecule has 3 aromatic rings. The topological polar surface area (TPSA) is 64.1 Å². The number of aryl methyl sites for hydroxylation is 1. The van der Waals surface area contributed by atoms with Gasteiger partial charge in [-0.05, 0) is 42.7 Å². The molecule has 130 valence electrons. The fourth-order valence-corrected chi connectivity index (χ4v) is 3.64. The molecule has 25 heavy (non-hydrogen) atoms. The van der Waals surface area contributed by atoms with Gasteiger partial charge >= 0.3 is 0 Å². The highest BCUT2D eigenvalue weighted by Gasteiger charge is 2.11. The zero-order valence-electron chi connectivity index (χ0n) is 14.3. The Morgan fingerprint density at radius 3 is 2.60 bits per heavy atom. The number of thiophene rings is 1. The second-order valence-corrected chi connectivity index (χ2v) is 7.93. The van der Waals surface area contributed by atoms with E-state index in [9.17, 15) is 4.79 Å². The fourth-order valence-electron chi connectivity index (χ4n) is 2.18. The summed E-state index contributed by atoms with van der Waals surface area (Å²) in [6.07, 6.45) is 0. The number of amides is 1. The number of benzene rings is 1. The van der Waals surface area contributed by atoms with Crippen molar-refractivity contribution in [2.24, 2.45) is 0 Å². The zero-order chi connectivity index (χ0) is 17.8. The standard InChI is InChI=1S/C18H19N3O2S2/c1-11(2)13-5-7-14(8-6-13)23-10-16(22)19-18-20-17(21-25-18)15-9-4-12(3)24-15/h4-9,11H,10H2,1-3H3,(H,19,20,21,22). The first kappa shape index (κ1) is 17.6. The third kappa shape index (κ3) is 4.64. The Hall–Kier alpha value is -2.25. The van der Waals surface area contributed by atoms with Crippen LogP contribution in [0.5, 0.6) is 5.75 Å². The summed E-state index contributed by atoms with van der Waals surface area (Å²) in [7, 11) is 0. The average molecular weight is 374 g/mol. The van der Waals surface area contributed by atoms with Crippen molar-refractivity contribution >= 4 is 33.9 Å². The normalized spacial score (nSPS) is 10.9. The van der Waals surface area contributed by atoms with Crippen LogP contribution >= 0.6 is 22.9 Å². The van der Waals surface area contributed by atoms with Gasteiger partial charge in [0.15, 0.2) is 12.4 Å². The average Bonchev–Trinajstić information content (AvgIpc) is 3.22. The number of anilines is 1. The zero-order valence-corrected chi connectivity index (χ0v) is 15.9. The van der Waals surface area contributed by atoms with Gasteiger partial charge in [0, 0.05) is 16.4 Å². The minimum absolute atomic E-state index is 0.0615. The van der Waals surface area contributed by atoms with Crippen molar-refractivity contribution in [3.63, 3.8) is 0 Å². The molecular formula is C18H19N3O2S2. The van der Waals surface area contributed by atoms with E-state index in [0.717, 1.165) is 4.88 Å². The second kappa shape index (κ2) is 7.76. The Bertz CT molecular complexity index is 853. The number of nitrogens with zero attached hydrogens (tertiary/aromatic N) is 2. The largest absolute Gasteiger partial charge is 0.484 e. The van der Waals surface area contributed by atoms with E-state index in [-0.39, 0.29) is 12.5 Å². The number of rotatable bonds is 6. The molecule has 1 aromatic carbocycles. The molecule has 2 aromatic heterocycles. The van der Waals surface area contributed by atoms with Crippen LogP contribution < -0.4 is 10.1 Å². The van der Waals surface area contributed by atoms with Crippen molar-refractivity contribution in [3.8, 4) is 16.5 Å². The SMILES string of the molecule is Cc1ccc(-c2nsc(NC(=O)COc3ccc(C(C)C)cc3)n2)s1. The molecule has 0 fully saturated rings. The van der Waals surface area contributed by atoms with Gasteiger partial charge in [-0.2, -0.15) is 9.36 Å². The van der Waals surface area contributed by atoms with Gasteiger partial charge in [0.25, 0.3) is 5.91 Å². The number of hydrogen-bond donors (Lipinski definition) is 1. The monoisotopic (exact) mass is 373 g/mol. The molecule has 0 radical (unpaired) electrons. The lowest BCUT2D eigenvalue weighted by molar-refractivity contribution is -0.118. The summed E-state index contributed by atoms with van der Waals surface area (Å²) < 4.78 is 9.80. The number of aromatic nitrogens is 2. The molecule has 0 saturated heterocycles. The predicted octanol–water partition coefficient (Wildman–Crippen LogP) is 4.72. The first-order valence-electron chi connectivity index (χ1n) is 7.94. The van der Waals surface area contributed by atoms with Crippen LogP contribution in [-0.2, 0) is 4.79 Å². The maximum absolute atomic E-state index is 12.0. The van der Waals surface area contributed by atoms with E-state index in [4.69, 9.17) is 4.74 Å². The van der Waals surface area contributed by atoms with E-state index in [1.807, 2.05) is 43.3 Å². The van der Waals surface area contributed by atoms with Crippen LogP contribution in [0, 0.1) is 6.92 Å². The van der Waals surface area contributed by atoms with E-state index in [1.54, 1.807) is 11.3 Å². The number of nitrogens with one attached hydrogen (secondary N) is 1. The maximum Gasteiger partial charge on any atom is 0.264 e. The maximum atomic E-state index is 12.0. The van der Waals surface area contributed by atoms with Crippen molar-refractivity contribution in [1.82, 2.24) is 9.36 Å². The van der Waals surface area contributed by atoms with Gasteiger partial charge in [0.1, 0.15) is 5.75 Å². The van der Waals surface area contributed by atoms with Crippen LogP contribution in [0.1, 0.15) is 30.2 Å². The highest BCUT2D eigenvalue weighted by Crippen LogP contribution is 2.27. The van der Waals surface area contributed by atoms with Crippen LogP contribution in [-0.4, -0.2) is 21.9 Å². The molecule has 5 nitrogen and oxygen atoms in total. The van der Waals surface area contributed by atoms with Gasteiger partial charge in [-0.25, -0.2) is 0 Å². The van der Waals surface area contributed by atoms with Crippen LogP contribution in [0.15, 0.2) is 36.4 Å². The molecule has 0 bridgehead atoms. The lowest BCUT2D eigenvalue weighted by atomic mass is 10.0. The second-order valence-electron chi connectivity index (χ2n) is 5.89. The quantitative estimate of drug-likeness (QED) is 0.679. The summed E-state index contributed by atoms with van der Waals surface area (Å²) in [5.74, 6) is 1.53. The van der Waals surface area contributed by atoms with Gasteiger partial charge < -0.3 is 4.74 Å². The van der Waals surface area contributed by atoms with Gasteiger partial charge in [0.2, 0.25) is 5.13 Å². The molecule has 0 spiro atoms. The third-order valence-corrected chi connectivity index (χ3v) is 5.18. The molecule has 7 heteroatoms. The van der Waals surface area contributed by atoms with Crippen molar-refractivity contribution in [3.05, 3.63) is 46.8 Å². The molecule has 0 unspecified atom stereocenters. The van der Waals surface area contributed by atoms with Gasteiger partial charge in [-0.15, -0.1) is 11.3 Å². The first-order chi connectivity index (χ1) is 12.0. The van der Waals surface area contributed by atoms with E-state index in [0.29, 0.717) is 22.6 Å². The Labute approximate surface area is 154 Å². The summed E-state index contributed by atoms with van der Waals surface area (Å²) in [6.45, 7) is 6.25. The number of carbonyl (C=O) groups excluding carboxylic acids is 1. The Morgan fingerprint density at radius 1 is 1.20 bits per heavy atom. The molecule has 0 atom stereocenters. The minimum Gasteiger partial charge on any atom is -0.484 e. The highest BCUT2D eigenvalue weighted by molar-refractivity contribution is 7.15. The molecule has 0 aliphatic carbocycles. The number of carbonyl (C=O) groups is 1. The summed E-state index contributed by atoms with van der Waals surface area (Å²) in [4.78, 5) is 18.6. The molecule has 0 saturated carbocycles. The molecule has 0 aliphatic rings. The van der Waals surface area contributed by atoms with Crippen LogP contribution in [0.25, 0.3) is 10.7 Å². The summed E-state index contributed by atoms with van der Waals surface area (Å²) in [5, 5.41) is 3.20. The smallest absolute Gasteiger partial charge is 0.264 e. The predicted molar refractivity (Wildman–Crippen MR) is 103 cm³/mol. The molecule has 0 aliphatic heterocycles. The summed E-state index contributed by atoms with van der Waals surface area (Å²) in [6, 6.07) is 11.8. The van der Waals surface area contributed by atoms with E-state index < -0.39 is 0 Å². The molecule has 3 rings (SSSR count). The number of hydrogen-bond acceptors (Lipinski definition) is 6. The van der Waals surface area contributed by atoms with Crippen molar-refractivity contribution in [2.45, 2.75) is 26.7 Å². The highest BCUT2D eigenvalue weighted by atomic mass is 32.1.